The molecule has 0 radical (unpaired) electrons. The quantitative estimate of drug-likeness (QED) is 0.743. The maximum absolute atomic E-state index is 11.0. The molecule has 1 aromatic rings. The Morgan fingerprint density at radius 2 is 2.16 bits per heavy atom. The summed E-state index contributed by atoms with van der Waals surface area (Å²) in [6.07, 6.45) is 1.28. The SMILES string of the molecule is O=C(O)N1CCC2(CC1)c1ccc(Cl)cc1[C@@H]1O[C@@H]12. The molecular formula is C14H14ClNO3. The highest BCUT2D eigenvalue weighted by Crippen LogP contribution is 2.62. The van der Waals surface area contributed by atoms with Crippen LogP contribution in [0.5, 0.6) is 0 Å². The van der Waals surface area contributed by atoms with Gasteiger partial charge in [-0.05, 0) is 36.1 Å². The van der Waals surface area contributed by atoms with Gasteiger partial charge in [-0.25, -0.2) is 4.79 Å². The van der Waals surface area contributed by atoms with E-state index in [-0.39, 0.29) is 17.6 Å². The van der Waals surface area contributed by atoms with Gasteiger partial charge in [-0.2, -0.15) is 0 Å². The third-order valence-corrected chi connectivity index (χ3v) is 5.05. The zero-order chi connectivity index (χ0) is 13.2. The van der Waals surface area contributed by atoms with Crippen molar-refractivity contribution in [1.29, 1.82) is 0 Å². The van der Waals surface area contributed by atoms with Crippen LogP contribution in [0.3, 0.4) is 0 Å². The number of epoxide rings is 1. The number of halogens is 1. The average Bonchev–Trinajstić information content (AvgIpc) is 3.15. The number of amides is 1. The third-order valence-electron chi connectivity index (χ3n) is 4.82. The number of hydrogen-bond donors (Lipinski definition) is 1. The zero-order valence-corrected chi connectivity index (χ0v) is 11.1. The topological polar surface area (TPSA) is 53.1 Å². The van der Waals surface area contributed by atoms with Gasteiger partial charge in [0.05, 0.1) is 6.10 Å². The van der Waals surface area contributed by atoms with E-state index in [1.165, 1.54) is 16.0 Å². The molecule has 1 spiro atoms. The Labute approximate surface area is 115 Å². The summed E-state index contributed by atoms with van der Waals surface area (Å²) >= 11 is 6.06. The maximum Gasteiger partial charge on any atom is 0.407 e. The summed E-state index contributed by atoms with van der Waals surface area (Å²) in [5, 5.41) is 9.80. The first-order valence-corrected chi connectivity index (χ1v) is 6.93. The Morgan fingerprint density at radius 3 is 2.84 bits per heavy atom. The summed E-state index contributed by atoms with van der Waals surface area (Å²) in [6, 6.07) is 6.03. The number of piperidine rings is 1. The largest absolute Gasteiger partial charge is 0.465 e. The highest BCUT2D eigenvalue weighted by molar-refractivity contribution is 6.30. The molecule has 0 aromatic heterocycles. The second-order valence-corrected chi connectivity index (χ2v) is 6.07. The monoisotopic (exact) mass is 279 g/mol. The molecule has 1 aromatic carbocycles. The fourth-order valence-corrected chi connectivity index (χ4v) is 3.98. The molecule has 1 N–H and O–H groups in total. The Bertz CT molecular complexity index is 566. The van der Waals surface area contributed by atoms with Crippen molar-refractivity contribution in [3.8, 4) is 0 Å². The number of ether oxygens (including phenoxy) is 1. The second-order valence-electron chi connectivity index (χ2n) is 5.63. The molecule has 0 saturated carbocycles. The van der Waals surface area contributed by atoms with Gasteiger partial charge in [0.15, 0.2) is 0 Å². The maximum atomic E-state index is 11.0. The van der Waals surface area contributed by atoms with Crippen LogP contribution in [0.2, 0.25) is 5.02 Å². The predicted molar refractivity (Wildman–Crippen MR) is 69.6 cm³/mol. The van der Waals surface area contributed by atoms with Gasteiger partial charge >= 0.3 is 6.09 Å². The number of nitrogens with zero attached hydrogens (tertiary/aromatic N) is 1. The van der Waals surface area contributed by atoms with E-state index in [0.29, 0.717) is 13.1 Å². The lowest BCUT2D eigenvalue weighted by Crippen LogP contribution is -2.46. The van der Waals surface area contributed by atoms with Gasteiger partial charge in [0, 0.05) is 23.5 Å². The predicted octanol–water partition coefficient (Wildman–Crippen LogP) is 2.81. The first kappa shape index (κ1) is 11.6. The Morgan fingerprint density at radius 1 is 1.42 bits per heavy atom. The Hall–Kier alpha value is -1.26. The van der Waals surface area contributed by atoms with Crippen molar-refractivity contribution >= 4 is 17.7 Å². The molecule has 19 heavy (non-hydrogen) atoms. The molecule has 2 saturated heterocycles. The molecule has 0 bridgehead atoms. The molecule has 1 aliphatic carbocycles. The van der Waals surface area contributed by atoms with Crippen LogP contribution < -0.4 is 0 Å². The van der Waals surface area contributed by atoms with E-state index >= 15 is 0 Å². The summed E-state index contributed by atoms with van der Waals surface area (Å²) in [5.41, 5.74) is 2.54. The summed E-state index contributed by atoms with van der Waals surface area (Å²) < 4.78 is 5.80. The van der Waals surface area contributed by atoms with Crippen LogP contribution in [0.1, 0.15) is 30.1 Å². The molecule has 4 rings (SSSR count). The summed E-state index contributed by atoms with van der Waals surface area (Å²) in [6.45, 7) is 1.17. The van der Waals surface area contributed by atoms with Crippen molar-refractivity contribution in [3.05, 3.63) is 34.3 Å². The first-order chi connectivity index (χ1) is 9.12. The Kier molecular flexibility index (Phi) is 2.22. The van der Waals surface area contributed by atoms with Gasteiger partial charge in [-0.15, -0.1) is 0 Å². The molecule has 4 nitrogen and oxygen atoms in total. The highest BCUT2D eigenvalue weighted by Gasteiger charge is 2.63. The van der Waals surface area contributed by atoms with Gasteiger partial charge in [0.1, 0.15) is 6.10 Å². The van der Waals surface area contributed by atoms with Gasteiger partial charge in [0.2, 0.25) is 0 Å². The van der Waals surface area contributed by atoms with Gasteiger partial charge in [-0.3, -0.25) is 0 Å². The van der Waals surface area contributed by atoms with Crippen LogP contribution in [0.25, 0.3) is 0 Å². The van der Waals surface area contributed by atoms with Crippen molar-refractivity contribution in [3.63, 3.8) is 0 Å². The smallest absolute Gasteiger partial charge is 0.407 e. The number of rotatable bonds is 0. The minimum absolute atomic E-state index is 0.0105. The van der Waals surface area contributed by atoms with E-state index in [4.69, 9.17) is 21.4 Å². The van der Waals surface area contributed by atoms with E-state index in [9.17, 15) is 4.79 Å². The van der Waals surface area contributed by atoms with E-state index in [2.05, 4.69) is 6.07 Å². The van der Waals surface area contributed by atoms with E-state index in [0.717, 1.165) is 17.9 Å². The Balaban J connectivity index is 1.69. The lowest BCUT2D eigenvalue weighted by Gasteiger charge is -2.39. The standard InChI is InChI=1S/C14H14ClNO3/c15-8-1-2-10-9(7-8)11-12(19-11)14(10)3-5-16(6-4-14)13(17)18/h1-2,7,11-12H,3-6H2,(H,17,18)/t11-,12-/m0/s1. The van der Waals surface area contributed by atoms with Gasteiger partial charge in [0.25, 0.3) is 0 Å². The van der Waals surface area contributed by atoms with Crippen molar-refractivity contribution < 1.29 is 14.6 Å². The van der Waals surface area contributed by atoms with E-state index < -0.39 is 6.09 Å². The molecule has 5 heteroatoms. The number of hydrogen-bond acceptors (Lipinski definition) is 2. The molecule has 2 atom stereocenters. The van der Waals surface area contributed by atoms with Crippen LogP contribution in [-0.4, -0.2) is 35.3 Å². The molecule has 2 aliphatic heterocycles. The number of likely N-dealkylation sites (tertiary alicyclic amines) is 1. The van der Waals surface area contributed by atoms with Crippen LogP contribution in [-0.2, 0) is 10.2 Å². The van der Waals surface area contributed by atoms with Crippen LogP contribution in [0, 0.1) is 0 Å². The average molecular weight is 280 g/mol. The zero-order valence-electron chi connectivity index (χ0n) is 10.3. The van der Waals surface area contributed by atoms with Gasteiger partial charge < -0.3 is 14.7 Å². The van der Waals surface area contributed by atoms with Crippen LogP contribution in [0.4, 0.5) is 4.79 Å². The number of carboxylic acid groups (broad SMARTS) is 1. The number of benzene rings is 1. The molecule has 100 valence electrons. The van der Waals surface area contributed by atoms with Crippen molar-refractivity contribution in [2.45, 2.75) is 30.5 Å². The molecule has 1 amide bonds. The van der Waals surface area contributed by atoms with Crippen molar-refractivity contribution in [2.24, 2.45) is 0 Å². The van der Waals surface area contributed by atoms with E-state index in [1.807, 2.05) is 12.1 Å². The number of fused-ring (bicyclic) bond motifs is 5. The molecule has 2 heterocycles. The molecule has 0 unspecified atom stereocenters. The first-order valence-electron chi connectivity index (χ1n) is 6.55. The van der Waals surface area contributed by atoms with E-state index in [1.54, 1.807) is 0 Å². The minimum atomic E-state index is -0.822. The summed E-state index contributed by atoms with van der Waals surface area (Å²) in [5.74, 6) is 0. The lowest BCUT2D eigenvalue weighted by molar-refractivity contribution is 0.105. The van der Waals surface area contributed by atoms with Crippen LogP contribution in [0.15, 0.2) is 18.2 Å². The van der Waals surface area contributed by atoms with Crippen molar-refractivity contribution in [2.75, 3.05) is 13.1 Å². The second kappa shape index (κ2) is 3.64. The lowest BCUT2D eigenvalue weighted by atomic mass is 9.73. The fourth-order valence-electron chi connectivity index (χ4n) is 3.80. The molecule has 2 fully saturated rings. The fraction of sp³-hybridized carbons (Fsp3) is 0.500. The summed E-state index contributed by atoms with van der Waals surface area (Å²) in [4.78, 5) is 12.5. The van der Waals surface area contributed by atoms with Crippen LogP contribution >= 0.6 is 11.6 Å². The van der Waals surface area contributed by atoms with Crippen molar-refractivity contribution in [1.82, 2.24) is 4.90 Å². The third kappa shape index (κ3) is 1.47. The van der Waals surface area contributed by atoms with Gasteiger partial charge in [-0.1, -0.05) is 17.7 Å². The molecule has 3 aliphatic rings. The minimum Gasteiger partial charge on any atom is -0.465 e. The number of carbonyl (C=O) groups is 1. The molecular weight excluding hydrogens is 266 g/mol. The highest BCUT2D eigenvalue weighted by atomic mass is 35.5. The summed E-state index contributed by atoms with van der Waals surface area (Å²) in [7, 11) is 0. The normalized spacial score (nSPS) is 30.1.